The molecule has 70 valence electrons. The van der Waals surface area contributed by atoms with Crippen LogP contribution >= 0.6 is 0 Å². The number of ether oxygens (including phenoxy) is 1. The Kier molecular flexibility index (Phi) is 2.63. The van der Waals surface area contributed by atoms with E-state index in [0.29, 0.717) is 6.54 Å². The van der Waals surface area contributed by atoms with Crippen LogP contribution in [0.4, 0.5) is 0 Å². The van der Waals surface area contributed by atoms with Crippen LogP contribution in [0.2, 0.25) is 0 Å². The third-order valence-corrected chi connectivity index (χ3v) is 1.82. The van der Waals surface area contributed by atoms with Crippen molar-refractivity contribution < 1.29 is 24.8 Å². The van der Waals surface area contributed by atoms with Gasteiger partial charge in [-0.2, -0.15) is 10.4 Å². The third-order valence-electron chi connectivity index (χ3n) is 1.82. The summed E-state index contributed by atoms with van der Waals surface area (Å²) in [7, 11) is 1.27. The Morgan fingerprint density at radius 1 is 1.67 bits per heavy atom. The van der Waals surface area contributed by atoms with Gasteiger partial charge < -0.3 is 4.74 Å². The number of hydrogen-bond acceptors (Lipinski definition) is 5. The molecule has 1 unspecified atom stereocenters. The Morgan fingerprint density at radius 2 is 2.33 bits per heavy atom. The van der Waals surface area contributed by atoms with Crippen LogP contribution in [0, 0.1) is 0 Å². The van der Waals surface area contributed by atoms with E-state index in [9.17, 15) is 4.79 Å². The zero-order chi connectivity index (χ0) is 9.19. The summed E-state index contributed by atoms with van der Waals surface area (Å²) in [5, 5.41) is 21.1. The topological polar surface area (TPSA) is 78.8 Å². The van der Waals surface area contributed by atoms with Crippen molar-refractivity contribution in [3.63, 3.8) is 0 Å². The van der Waals surface area contributed by atoms with Crippen molar-refractivity contribution in [2.45, 2.75) is 6.04 Å². The van der Waals surface area contributed by atoms with Crippen LogP contribution in [0.25, 0.3) is 0 Å². The molecule has 6 heteroatoms. The van der Waals surface area contributed by atoms with Gasteiger partial charge in [-0.25, -0.2) is 0 Å². The molecular weight excluding hydrogens is 164 g/mol. The van der Waals surface area contributed by atoms with Gasteiger partial charge in [0.15, 0.2) is 19.1 Å². The molecule has 0 bridgehead atoms. The average molecular weight is 177 g/mol. The predicted molar refractivity (Wildman–Crippen MR) is 37.4 cm³/mol. The number of methoxy groups -OCH3 is 1. The first-order valence-electron chi connectivity index (χ1n) is 3.69. The maximum atomic E-state index is 10.9. The minimum Gasteiger partial charge on any atom is -0.468 e. The van der Waals surface area contributed by atoms with Crippen molar-refractivity contribution >= 4 is 5.97 Å². The van der Waals surface area contributed by atoms with Gasteiger partial charge in [0, 0.05) is 0 Å². The van der Waals surface area contributed by atoms with E-state index in [0.717, 1.165) is 0 Å². The van der Waals surface area contributed by atoms with Crippen molar-refractivity contribution in [1.82, 2.24) is 5.32 Å². The lowest BCUT2D eigenvalue weighted by molar-refractivity contribution is -1.25. The molecule has 1 saturated heterocycles. The van der Waals surface area contributed by atoms with Gasteiger partial charge in [0.2, 0.25) is 0 Å². The second kappa shape index (κ2) is 3.36. The lowest BCUT2D eigenvalue weighted by Gasteiger charge is -2.30. The molecule has 0 spiro atoms. The van der Waals surface area contributed by atoms with Crippen molar-refractivity contribution in [2.75, 3.05) is 26.7 Å². The molecule has 0 aliphatic carbocycles. The van der Waals surface area contributed by atoms with Crippen LogP contribution in [0.15, 0.2) is 0 Å². The summed E-state index contributed by atoms with van der Waals surface area (Å²) < 4.78 is 4.45. The Balaban J connectivity index is 2.52. The number of carbonyl (C=O) groups excluding carboxylic acids is 1. The number of quaternary nitrogens is 1. The molecule has 12 heavy (non-hydrogen) atoms. The molecule has 0 radical (unpaired) electrons. The zero-order valence-electron chi connectivity index (χ0n) is 6.86. The monoisotopic (exact) mass is 177 g/mol. The number of hydrogen-bond donors (Lipinski definition) is 3. The number of nitrogens with one attached hydrogen (secondary N) is 1. The van der Waals surface area contributed by atoms with E-state index < -0.39 is 16.8 Å². The number of rotatable bonds is 1. The number of hydroxylamine groups is 4. The molecule has 3 N–H and O–H groups in total. The van der Waals surface area contributed by atoms with Gasteiger partial charge in [-0.3, -0.25) is 10.1 Å². The second-order valence-electron chi connectivity index (χ2n) is 2.81. The van der Waals surface area contributed by atoms with E-state index in [1.807, 2.05) is 0 Å². The molecule has 1 heterocycles. The molecule has 0 aromatic heterocycles. The van der Waals surface area contributed by atoms with Crippen LogP contribution in [0.5, 0.6) is 0 Å². The molecule has 0 saturated carbocycles. The Hall–Kier alpha value is -0.690. The van der Waals surface area contributed by atoms with E-state index in [2.05, 4.69) is 10.1 Å². The van der Waals surface area contributed by atoms with Gasteiger partial charge in [-0.1, -0.05) is 0 Å². The van der Waals surface area contributed by atoms with E-state index in [1.165, 1.54) is 7.11 Å². The predicted octanol–water partition coefficient (Wildman–Crippen LogP) is -1.27. The molecule has 1 fully saturated rings. The summed E-state index contributed by atoms with van der Waals surface area (Å²) in [5.74, 6) is -0.472. The summed E-state index contributed by atoms with van der Waals surface area (Å²) in [6, 6.07) is -0.626. The Bertz CT molecular complexity index is 182. The molecule has 6 nitrogen and oxygen atoms in total. The molecule has 1 atom stereocenters. The molecule has 1 aliphatic rings. The zero-order valence-corrected chi connectivity index (χ0v) is 6.86. The summed E-state index contributed by atoms with van der Waals surface area (Å²) in [5.41, 5.74) is 0. The highest BCUT2D eigenvalue weighted by Crippen LogP contribution is 2.04. The Labute approximate surface area is 69.8 Å². The van der Waals surface area contributed by atoms with Crippen LogP contribution < -0.4 is 5.32 Å². The van der Waals surface area contributed by atoms with Crippen molar-refractivity contribution in [3.8, 4) is 0 Å². The number of piperazine rings is 1. The van der Waals surface area contributed by atoms with Gasteiger partial charge >= 0.3 is 5.97 Å². The molecule has 0 amide bonds. The van der Waals surface area contributed by atoms with Gasteiger partial charge in [-0.15, -0.1) is 0 Å². The van der Waals surface area contributed by atoms with Crippen LogP contribution in [0.3, 0.4) is 0 Å². The molecule has 1 aliphatic heterocycles. The molecule has 1 rings (SSSR count). The standard InChI is InChI=1S/C6H13N2O4/c1-12-6(9)5-4-8(10,11)3-2-7-5/h5,7,10-11H,2-4H2,1H3/q+1. The quantitative estimate of drug-likeness (QED) is 0.343. The summed E-state index contributed by atoms with van der Waals surface area (Å²) >= 11 is 0. The van der Waals surface area contributed by atoms with Crippen LogP contribution in [-0.2, 0) is 9.53 Å². The van der Waals surface area contributed by atoms with Gasteiger partial charge in [0.05, 0.1) is 13.7 Å². The maximum absolute atomic E-state index is 10.9. The maximum Gasteiger partial charge on any atom is 0.329 e. The smallest absolute Gasteiger partial charge is 0.329 e. The number of nitrogens with zero attached hydrogens (tertiary/aromatic N) is 1. The van der Waals surface area contributed by atoms with E-state index in [1.54, 1.807) is 0 Å². The van der Waals surface area contributed by atoms with E-state index in [4.69, 9.17) is 10.4 Å². The molecule has 0 aromatic carbocycles. The summed E-state index contributed by atoms with van der Waals surface area (Å²) in [6.45, 7) is 0.479. The largest absolute Gasteiger partial charge is 0.468 e. The van der Waals surface area contributed by atoms with E-state index in [-0.39, 0.29) is 13.1 Å². The number of carbonyl (C=O) groups is 1. The fourth-order valence-electron chi connectivity index (χ4n) is 1.17. The van der Waals surface area contributed by atoms with Crippen molar-refractivity contribution in [3.05, 3.63) is 0 Å². The van der Waals surface area contributed by atoms with Gasteiger partial charge in [-0.05, 0) is 4.81 Å². The fraction of sp³-hybridized carbons (Fsp3) is 0.833. The van der Waals surface area contributed by atoms with E-state index >= 15 is 0 Å². The number of esters is 1. The lowest BCUT2D eigenvalue weighted by atomic mass is 10.2. The highest BCUT2D eigenvalue weighted by molar-refractivity contribution is 5.75. The van der Waals surface area contributed by atoms with Crippen LogP contribution in [-0.4, -0.2) is 54.0 Å². The highest BCUT2D eigenvalue weighted by Gasteiger charge is 2.37. The molecule has 0 aromatic rings. The second-order valence-corrected chi connectivity index (χ2v) is 2.81. The first-order valence-corrected chi connectivity index (χ1v) is 3.69. The Morgan fingerprint density at radius 3 is 2.83 bits per heavy atom. The van der Waals surface area contributed by atoms with Gasteiger partial charge in [0.1, 0.15) is 0 Å². The fourth-order valence-corrected chi connectivity index (χ4v) is 1.17. The first-order chi connectivity index (χ1) is 5.55. The van der Waals surface area contributed by atoms with Crippen molar-refractivity contribution in [2.24, 2.45) is 0 Å². The van der Waals surface area contributed by atoms with Crippen LogP contribution in [0.1, 0.15) is 0 Å². The summed E-state index contributed by atoms with van der Waals surface area (Å²) in [4.78, 5) is 9.82. The third kappa shape index (κ3) is 2.15. The minimum absolute atomic E-state index is 0.0767. The summed E-state index contributed by atoms with van der Waals surface area (Å²) in [6.07, 6.45) is 0. The SMILES string of the molecule is COC(=O)C1C[N+](O)(O)CCN1. The minimum atomic E-state index is -1.12. The highest BCUT2D eigenvalue weighted by atomic mass is 16.8. The normalized spacial score (nSPS) is 28.1. The lowest BCUT2D eigenvalue weighted by Crippen LogP contribution is -2.61. The van der Waals surface area contributed by atoms with Crippen molar-refractivity contribution in [1.29, 1.82) is 0 Å². The average Bonchev–Trinajstić information content (AvgIpc) is 2.01. The first kappa shape index (κ1) is 9.40. The van der Waals surface area contributed by atoms with Gasteiger partial charge in [0.25, 0.3) is 0 Å². The molecular formula is C6H13N2O4+.